The molecule has 0 aliphatic heterocycles. The lowest BCUT2D eigenvalue weighted by molar-refractivity contribution is -0.121. The number of benzene rings is 3. The maximum absolute atomic E-state index is 12.0. The van der Waals surface area contributed by atoms with Gasteiger partial charge in [0, 0.05) is 0 Å². The van der Waals surface area contributed by atoms with Crippen LogP contribution >= 0.6 is 0 Å². The van der Waals surface area contributed by atoms with E-state index in [1.165, 1.54) is 25.3 Å². The molecule has 0 saturated carbocycles. The minimum Gasteiger partial charge on any atom is -0.504 e. The summed E-state index contributed by atoms with van der Waals surface area (Å²) in [6.45, 7) is 0. The fraction of sp³-hybridized carbons (Fsp3) is 0.0833. The molecule has 0 heterocycles. The van der Waals surface area contributed by atoms with Gasteiger partial charge in [0.15, 0.2) is 23.1 Å². The fourth-order valence-electron chi connectivity index (χ4n) is 2.79. The van der Waals surface area contributed by atoms with Crippen LogP contribution in [-0.4, -0.2) is 23.8 Å². The summed E-state index contributed by atoms with van der Waals surface area (Å²) in [6, 6.07) is 18.7. The van der Waals surface area contributed by atoms with Gasteiger partial charge in [0.05, 0.1) is 13.5 Å². The number of aromatic hydroxyl groups is 1. The van der Waals surface area contributed by atoms with Gasteiger partial charge in [0.1, 0.15) is 0 Å². The zero-order valence-electron chi connectivity index (χ0n) is 15.5. The van der Waals surface area contributed by atoms with Gasteiger partial charge in [-0.1, -0.05) is 54.6 Å². The van der Waals surface area contributed by atoms with E-state index in [2.05, 4.69) is 0 Å². The Kier molecular flexibility index (Phi) is 6.02. The highest BCUT2D eigenvalue weighted by atomic mass is 16.5. The smallest absolute Gasteiger partial charge is 0.163 e. The standard InChI is InChI=1S/C24H20O4/c1-28-24-13-9-18(15-23(24)27)8-12-22(26)16-21(25)11-7-17-6-10-19-4-2-3-5-20(19)14-17/h2-15,27H,16H2,1H3. The molecule has 140 valence electrons. The van der Waals surface area contributed by atoms with E-state index in [4.69, 9.17) is 4.74 Å². The summed E-state index contributed by atoms with van der Waals surface area (Å²) in [5, 5.41) is 12.0. The summed E-state index contributed by atoms with van der Waals surface area (Å²) in [4.78, 5) is 24.0. The third kappa shape index (κ3) is 4.95. The van der Waals surface area contributed by atoms with Crippen molar-refractivity contribution < 1.29 is 19.4 Å². The van der Waals surface area contributed by atoms with Crippen LogP contribution in [0.1, 0.15) is 17.5 Å². The van der Waals surface area contributed by atoms with Crippen LogP contribution in [0, 0.1) is 0 Å². The first-order valence-electron chi connectivity index (χ1n) is 8.83. The van der Waals surface area contributed by atoms with Crippen molar-refractivity contribution in [1.82, 2.24) is 0 Å². The number of fused-ring (bicyclic) bond motifs is 1. The van der Waals surface area contributed by atoms with Crippen molar-refractivity contribution in [3.8, 4) is 11.5 Å². The van der Waals surface area contributed by atoms with Gasteiger partial charge in [-0.05, 0) is 52.3 Å². The highest BCUT2D eigenvalue weighted by molar-refractivity contribution is 6.11. The largest absolute Gasteiger partial charge is 0.504 e. The van der Waals surface area contributed by atoms with Crippen molar-refractivity contribution >= 4 is 34.5 Å². The highest BCUT2D eigenvalue weighted by Gasteiger charge is 2.05. The SMILES string of the molecule is COc1ccc(C=CC(=O)CC(=O)C=Cc2ccc3ccccc3c2)cc1O. The monoisotopic (exact) mass is 372 g/mol. The van der Waals surface area contributed by atoms with Crippen molar-refractivity contribution in [2.24, 2.45) is 0 Å². The van der Waals surface area contributed by atoms with Gasteiger partial charge in [-0.3, -0.25) is 9.59 Å². The molecule has 0 saturated heterocycles. The second-order valence-corrected chi connectivity index (χ2v) is 6.31. The number of phenolic OH excluding ortho intramolecular Hbond substituents is 1. The number of rotatable bonds is 7. The van der Waals surface area contributed by atoms with E-state index in [1.54, 1.807) is 24.3 Å². The Hall–Kier alpha value is -3.66. The molecular weight excluding hydrogens is 352 g/mol. The molecule has 0 aliphatic rings. The minimum atomic E-state index is -0.302. The van der Waals surface area contributed by atoms with Gasteiger partial charge >= 0.3 is 0 Å². The first-order chi connectivity index (χ1) is 13.5. The summed E-state index contributed by atoms with van der Waals surface area (Å²) < 4.78 is 4.97. The molecule has 4 heteroatoms. The highest BCUT2D eigenvalue weighted by Crippen LogP contribution is 2.26. The molecule has 3 aromatic carbocycles. The Morgan fingerprint density at radius 3 is 2.11 bits per heavy atom. The zero-order valence-corrected chi connectivity index (χ0v) is 15.5. The second-order valence-electron chi connectivity index (χ2n) is 6.31. The molecule has 28 heavy (non-hydrogen) atoms. The molecule has 3 aromatic rings. The average molecular weight is 372 g/mol. The lowest BCUT2D eigenvalue weighted by atomic mass is 10.1. The van der Waals surface area contributed by atoms with Gasteiger partial charge < -0.3 is 9.84 Å². The summed E-state index contributed by atoms with van der Waals surface area (Å²) >= 11 is 0. The maximum Gasteiger partial charge on any atom is 0.163 e. The average Bonchev–Trinajstić information content (AvgIpc) is 2.70. The number of phenols is 1. The molecule has 0 amide bonds. The molecule has 0 radical (unpaired) electrons. The van der Waals surface area contributed by atoms with Crippen molar-refractivity contribution in [2.75, 3.05) is 7.11 Å². The lowest BCUT2D eigenvalue weighted by Crippen LogP contribution is -2.01. The molecular formula is C24H20O4. The number of carbonyl (C=O) groups is 2. The minimum absolute atomic E-state index is 0.00788. The molecule has 0 spiro atoms. The van der Waals surface area contributed by atoms with E-state index >= 15 is 0 Å². The van der Waals surface area contributed by atoms with E-state index in [0.717, 1.165) is 16.3 Å². The molecule has 0 unspecified atom stereocenters. The number of hydrogen-bond acceptors (Lipinski definition) is 4. The Balaban J connectivity index is 1.59. The molecule has 0 atom stereocenters. The van der Waals surface area contributed by atoms with Crippen molar-refractivity contribution in [3.05, 3.63) is 83.9 Å². The molecule has 0 aromatic heterocycles. The van der Waals surface area contributed by atoms with Crippen LogP contribution in [-0.2, 0) is 9.59 Å². The lowest BCUT2D eigenvalue weighted by Gasteiger charge is -2.03. The Labute approximate surface area is 163 Å². The van der Waals surface area contributed by atoms with Gasteiger partial charge in [-0.15, -0.1) is 0 Å². The normalized spacial score (nSPS) is 11.3. The molecule has 0 fully saturated rings. The molecule has 0 bridgehead atoms. The van der Waals surface area contributed by atoms with Crippen molar-refractivity contribution in [2.45, 2.75) is 6.42 Å². The van der Waals surface area contributed by atoms with Gasteiger partial charge in [-0.25, -0.2) is 0 Å². The topological polar surface area (TPSA) is 63.6 Å². The van der Waals surface area contributed by atoms with E-state index in [-0.39, 0.29) is 23.7 Å². The van der Waals surface area contributed by atoms with Crippen LogP contribution in [0.3, 0.4) is 0 Å². The second kappa shape index (κ2) is 8.82. The summed E-state index contributed by atoms with van der Waals surface area (Å²) in [7, 11) is 1.46. The van der Waals surface area contributed by atoms with Crippen LogP contribution in [0.15, 0.2) is 72.8 Å². The van der Waals surface area contributed by atoms with Gasteiger partial charge in [0.2, 0.25) is 0 Å². The number of allylic oxidation sites excluding steroid dienone is 2. The number of hydrogen-bond donors (Lipinski definition) is 1. The summed E-state index contributed by atoms with van der Waals surface area (Å²) in [6.07, 6.45) is 5.83. The Morgan fingerprint density at radius 1 is 0.857 bits per heavy atom. The number of ether oxygens (including phenoxy) is 1. The number of carbonyl (C=O) groups excluding carboxylic acids is 2. The molecule has 1 N–H and O–H groups in total. The first-order valence-corrected chi connectivity index (χ1v) is 8.83. The Bertz CT molecular complexity index is 1080. The Morgan fingerprint density at radius 2 is 1.46 bits per heavy atom. The molecule has 3 rings (SSSR count). The van der Waals surface area contributed by atoms with Crippen LogP contribution in [0.5, 0.6) is 11.5 Å². The first kappa shape index (κ1) is 19.1. The van der Waals surface area contributed by atoms with Crippen molar-refractivity contribution in [3.63, 3.8) is 0 Å². The van der Waals surface area contributed by atoms with Crippen molar-refractivity contribution in [1.29, 1.82) is 0 Å². The number of methoxy groups -OCH3 is 1. The number of ketones is 2. The summed E-state index contributed by atoms with van der Waals surface area (Å²) in [5.74, 6) is -0.215. The van der Waals surface area contributed by atoms with E-state index < -0.39 is 0 Å². The molecule has 0 aliphatic carbocycles. The van der Waals surface area contributed by atoms with Crippen LogP contribution < -0.4 is 4.74 Å². The third-order valence-electron chi connectivity index (χ3n) is 4.25. The third-order valence-corrected chi connectivity index (χ3v) is 4.25. The van der Waals surface area contributed by atoms with E-state index in [1.807, 2.05) is 42.5 Å². The predicted molar refractivity (Wildman–Crippen MR) is 111 cm³/mol. The van der Waals surface area contributed by atoms with E-state index in [0.29, 0.717) is 11.3 Å². The maximum atomic E-state index is 12.0. The quantitative estimate of drug-likeness (QED) is 0.478. The van der Waals surface area contributed by atoms with Gasteiger partial charge in [0.25, 0.3) is 0 Å². The van der Waals surface area contributed by atoms with E-state index in [9.17, 15) is 14.7 Å². The van der Waals surface area contributed by atoms with Crippen LogP contribution in [0.2, 0.25) is 0 Å². The predicted octanol–water partition coefficient (Wildman–Crippen LogP) is 4.81. The van der Waals surface area contributed by atoms with Gasteiger partial charge in [-0.2, -0.15) is 0 Å². The summed E-state index contributed by atoms with van der Waals surface area (Å²) in [5.41, 5.74) is 1.55. The molecule has 4 nitrogen and oxygen atoms in total. The van der Waals surface area contributed by atoms with Crippen LogP contribution in [0.25, 0.3) is 22.9 Å². The van der Waals surface area contributed by atoms with Crippen LogP contribution in [0.4, 0.5) is 0 Å². The zero-order chi connectivity index (χ0) is 19.9. The fourth-order valence-corrected chi connectivity index (χ4v) is 2.79.